The molecule has 28 heavy (non-hydrogen) atoms. The molecule has 1 aromatic rings. The lowest BCUT2D eigenvalue weighted by atomic mass is 10.1. The van der Waals surface area contributed by atoms with Crippen molar-refractivity contribution >= 4 is 17.7 Å². The van der Waals surface area contributed by atoms with Crippen LogP contribution < -0.4 is 20.9 Å². The average Bonchev–Trinajstić information content (AvgIpc) is 2.52. The van der Waals surface area contributed by atoms with Gasteiger partial charge >= 0.3 is 6.09 Å². The van der Waals surface area contributed by atoms with Crippen LogP contribution in [0.4, 0.5) is 14.9 Å². The van der Waals surface area contributed by atoms with E-state index < -0.39 is 17.2 Å². The number of guanidine groups is 1. The van der Waals surface area contributed by atoms with E-state index in [2.05, 4.69) is 20.9 Å². The first-order chi connectivity index (χ1) is 12.8. The van der Waals surface area contributed by atoms with Gasteiger partial charge in [-0.1, -0.05) is 6.07 Å². The van der Waals surface area contributed by atoms with Crippen molar-refractivity contribution in [2.24, 2.45) is 4.99 Å². The lowest BCUT2D eigenvalue weighted by Gasteiger charge is -2.29. The Morgan fingerprint density at radius 2 is 1.82 bits per heavy atom. The van der Waals surface area contributed by atoms with Gasteiger partial charge in [-0.05, 0) is 52.3 Å². The minimum absolute atomic E-state index is 0.269. The highest BCUT2D eigenvalue weighted by atomic mass is 19.1. The van der Waals surface area contributed by atoms with Crippen molar-refractivity contribution in [3.05, 3.63) is 29.6 Å². The smallest absolute Gasteiger partial charge is 0.408 e. The van der Waals surface area contributed by atoms with Crippen LogP contribution in [-0.4, -0.2) is 50.9 Å². The number of nitrogens with zero attached hydrogens (tertiary/aromatic N) is 2. The highest BCUT2D eigenvalue weighted by Gasteiger charge is 2.24. The molecule has 0 aliphatic heterocycles. The van der Waals surface area contributed by atoms with E-state index >= 15 is 0 Å². The van der Waals surface area contributed by atoms with Crippen molar-refractivity contribution in [2.45, 2.75) is 52.3 Å². The molecule has 0 atom stereocenters. The van der Waals surface area contributed by atoms with Gasteiger partial charge in [0.15, 0.2) is 5.96 Å². The fraction of sp³-hybridized carbons (Fsp3) is 0.600. The number of nitrogens with one attached hydrogen (secondary N) is 3. The maximum absolute atomic E-state index is 14.1. The van der Waals surface area contributed by atoms with Crippen LogP contribution in [0.15, 0.2) is 23.2 Å². The van der Waals surface area contributed by atoms with E-state index in [1.54, 1.807) is 32.1 Å². The summed E-state index contributed by atoms with van der Waals surface area (Å²) in [4.78, 5) is 17.9. The molecule has 3 N–H and O–H groups in total. The molecule has 0 saturated carbocycles. The molecule has 0 spiro atoms. The molecule has 0 bridgehead atoms. The Bertz CT molecular complexity index is 696. The standard InChI is InChI=1S/C20H34FN5O2/c1-19(2,3)28-18(27)25-20(4,5)13-24-17(22-6)23-12-14-9-10-16(26(7)8)15(21)11-14/h9-11H,12-13H2,1-8H3,(H,25,27)(H2,22,23,24). The van der Waals surface area contributed by atoms with Crippen molar-refractivity contribution in [1.82, 2.24) is 16.0 Å². The quantitative estimate of drug-likeness (QED) is 0.510. The number of alkyl carbamates (subject to hydrolysis) is 1. The predicted molar refractivity (Wildman–Crippen MR) is 112 cm³/mol. The summed E-state index contributed by atoms with van der Waals surface area (Å²) in [6, 6.07) is 5.12. The molecular formula is C20H34FN5O2. The molecule has 0 saturated heterocycles. The number of aliphatic imine (C=N–C) groups is 1. The molecule has 0 radical (unpaired) electrons. The molecule has 0 unspecified atom stereocenters. The number of hydrogen-bond acceptors (Lipinski definition) is 4. The van der Waals surface area contributed by atoms with Crippen molar-refractivity contribution < 1.29 is 13.9 Å². The first-order valence-corrected chi connectivity index (χ1v) is 9.24. The summed E-state index contributed by atoms with van der Waals surface area (Å²) in [5, 5.41) is 9.13. The predicted octanol–water partition coefficient (Wildman–Crippen LogP) is 2.86. The topological polar surface area (TPSA) is 78.0 Å². The van der Waals surface area contributed by atoms with Gasteiger partial charge in [-0.3, -0.25) is 4.99 Å². The van der Waals surface area contributed by atoms with Crippen LogP contribution in [-0.2, 0) is 11.3 Å². The normalized spacial score (nSPS) is 12.4. The Kier molecular flexibility index (Phi) is 8.08. The second-order valence-corrected chi connectivity index (χ2v) is 8.47. The van der Waals surface area contributed by atoms with E-state index in [1.165, 1.54) is 6.07 Å². The Labute approximate surface area is 167 Å². The average molecular weight is 396 g/mol. The monoisotopic (exact) mass is 395 g/mol. The number of anilines is 1. The fourth-order valence-corrected chi connectivity index (χ4v) is 2.36. The van der Waals surface area contributed by atoms with Crippen molar-refractivity contribution in [3.63, 3.8) is 0 Å². The Morgan fingerprint density at radius 1 is 1.18 bits per heavy atom. The number of halogens is 1. The van der Waals surface area contributed by atoms with E-state index in [4.69, 9.17) is 4.74 Å². The molecule has 0 aliphatic rings. The Hall–Kier alpha value is -2.51. The lowest BCUT2D eigenvalue weighted by molar-refractivity contribution is 0.0474. The number of benzene rings is 1. The van der Waals surface area contributed by atoms with Crippen LogP contribution in [0.3, 0.4) is 0 Å². The highest BCUT2D eigenvalue weighted by molar-refractivity contribution is 5.79. The van der Waals surface area contributed by atoms with Crippen LogP contribution in [0.2, 0.25) is 0 Å². The third kappa shape index (κ3) is 8.45. The first kappa shape index (κ1) is 23.5. The second kappa shape index (κ2) is 9.61. The summed E-state index contributed by atoms with van der Waals surface area (Å²) in [5.74, 6) is 0.283. The van der Waals surface area contributed by atoms with Crippen LogP contribution >= 0.6 is 0 Å². The molecular weight excluding hydrogens is 361 g/mol. The van der Waals surface area contributed by atoms with Crippen LogP contribution in [0, 0.1) is 5.82 Å². The number of amides is 1. The van der Waals surface area contributed by atoms with Gasteiger partial charge in [0.2, 0.25) is 0 Å². The van der Waals surface area contributed by atoms with Gasteiger partial charge in [0.05, 0.1) is 11.2 Å². The molecule has 0 fully saturated rings. The van der Waals surface area contributed by atoms with Gasteiger partial charge in [-0.2, -0.15) is 0 Å². The molecule has 8 heteroatoms. The molecule has 1 rings (SSSR count). The Morgan fingerprint density at radius 3 is 2.32 bits per heavy atom. The van der Waals surface area contributed by atoms with Gasteiger partial charge in [-0.15, -0.1) is 0 Å². The van der Waals surface area contributed by atoms with Crippen molar-refractivity contribution in [1.29, 1.82) is 0 Å². The molecule has 1 amide bonds. The van der Waals surface area contributed by atoms with E-state index in [0.717, 1.165) is 5.56 Å². The fourth-order valence-electron chi connectivity index (χ4n) is 2.36. The summed E-state index contributed by atoms with van der Waals surface area (Å²) in [5.41, 5.74) is 0.237. The lowest BCUT2D eigenvalue weighted by Crippen LogP contribution is -2.54. The van der Waals surface area contributed by atoms with E-state index in [0.29, 0.717) is 24.7 Å². The minimum Gasteiger partial charge on any atom is -0.444 e. The number of ether oxygens (including phenoxy) is 1. The maximum atomic E-state index is 14.1. The summed E-state index contributed by atoms with van der Waals surface area (Å²) in [6.45, 7) is 10.1. The minimum atomic E-state index is -0.556. The van der Waals surface area contributed by atoms with Gasteiger partial charge in [0, 0.05) is 34.2 Å². The number of hydrogen-bond donors (Lipinski definition) is 3. The largest absolute Gasteiger partial charge is 0.444 e. The molecule has 0 aromatic heterocycles. The van der Waals surface area contributed by atoms with Gasteiger partial charge in [0.1, 0.15) is 11.4 Å². The molecule has 7 nitrogen and oxygen atoms in total. The molecule has 0 heterocycles. The number of rotatable bonds is 6. The van der Waals surface area contributed by atoms with E-state index in [-0.39, 0.29) is 5.82 Å². The van der Waals surface area contributed by atoms with Crippen LogP contribution in [0.5, 0.6) is 0 Å². The second-order valence-electron chi connectivity index (χ2n) is 8.47. The Balaban J connectivity index is 2.56. The third-order valence-corrected chi connectivity index (χ3v) is 3.71. The third-order valence-electron chi connectivity index (χ3n) is 3.71. The zero-order valence-electron chi connectivity index (χ0n) is 18.2. The van der Waals surface area contributed by atoms with Crippen molar-refractivity contribution in [3.8, 4) is 0 Å². The number of carbonyl (C=O) groups excluding carboxylic acids is 1. The summed E-state index contributed by atoms with van der Waals surface area (Å²) >= 11 is 0. The van der Waals surface area contributed by atoms with Crippen molar-refractivity contribution in [2.75, 3.05) is 32.6 Å². The summed E-state index contributed by atoms with van der Waals surface area (Å²) in [7, 11) is 5.25. The van der Waals surface area contributed by atoms with E-state index in [1.807, 2.05) is 40.7 Å². The van der Waals surface area contributed by atoms with Crippen LogP contribution in [0.25, 0.3) is 0 Å². The molecule has 158 valence electrons. The zero-order valence-corrected chi connectivity index (χ0v) is 18.2. The van der Waals surface area contributed by atoms with Gasteiger partial charge in [-0.25, -0.2) is 9.18 Å². The maximum Gasteiger partial charge on any atom is 0.408 e. The molecule has 1 aromatic carbocycles. The SMILES string of the molecule is CN=C(NCc1ccc(N(C)C)c(F)c1)NCC(C)(C)NC(=O)OC(C)(C)C. The molecule has 0 aliphatic carbocycles. The summed E-state index contributed by atoms with van der Waals surface area (Å²) in [6.07, 6.45) is -0.473. The van der Waals surface area contributed by atoms with Gasteiger partial charge in [0.25, 0.3) is 0 Å². The zero-order chi connectivity index (χ0) is 21.5. The summed E-state index contributed by atoms with van der Waals surface area (Å²) < 4.78 is 19.4. The van der Waals surface area contributed by atoms with Crippen LogP contribution in [0.1, 0.15) is 40.2 Å². The highest BCUT2D eigenvalue weighted by Crippen LogP contribution is 2.18. The van der Waals surface area contributed by atoms with Gasteiger partial charge < -0.3 is 25.6 Å². The first-order valence-electron chi connectivity index (χ1n) is 9.24. The number of carbonyl (C=O) groups is 1. The van der Waals surface area contributed by atoms with E-state index in [9.17, 15) is 9.18 Å².